The van der Waals surface area contributed by atoms with Gasteiger partial charge >= 0.3 is 0 Å². The highest BCUT2D eigenvalue weighted by molar-refractivity contribution is 4.73. The van der Waals surface area contributed by atoms with Crippen LogP contribution < -0.4 is 0 Å². The summed E-state index contributed by atoms with van der Waals surface area (Å²) >= 11 is 0. The van der Waals surface area contributed by atoms with Crippen LogP contribution in [-0.2, 0) is 4.74 Å². The predicted molar refractivity (Wildman–Crippen MR) is 44.8 cm³/mol. The quantitative estimate of drug-likeness (QED) is 0.536. The molecule has 0 spiro atoms. The standard InChI is InChI=1S/C9H18O/c1-4-10-8-6-5-7-9(2)3/h6,8-9H,4-5,7H2,1-3H3/b8-6-. The Labute approximate surface area is 64.1 Å². The zero-order chi connectivity index (χ0) is 7.82. The molecule has 0 saturated heterocycles. The molecule has 1 nitrogen and oxygen atoms in total. The highest BCUT2D eigenvalue weighted by Gasteiger charge is 1.88. The van der Waals surface area contributed by atoms with E-state index in [2.05, 4.69) is 19.9 Å². The fraction of sp³-hybridized carbons (Fsp3) is 0.778. The van der Waals surface area contributed by atoms with Crippen molar-refractivity contribution in [1.29, 1.82) is 0 Å². The van der Waals surface area contributed by atoms with Crippen LogP contribution in [0.15, 0.2) is 12.3 Å². The van der Waals surface area contributed by atoms with Crippen LogP contribution in [0.1, 0.15) is 33.6 Å². The van der Waals surface area contributed by atoms with Crippen molar-refractivity contribution >= 4 is 0 Å². The molecule has 0 unspecified atom stereocenters. The van der Waals surface area contributed by atoms with E-state index in [0.29, 0.717) is 0 Å². The second-order valence-corrected chi connectivity index (χ2v) is 2.80. The van der Waals surface area contributed by atoms with E-state index in [1.165, 1.54) is 6.42 Å². The molecule has 0 fully saturated rings. The minimum Gasteiger partial charge on any atom is -0.502 e. The summed E-state index contributed by atoms with van der Waals surface area (Å²) in [5, 5.41) is 0. The van der Waals surface area contributed by atoms with E-state index in [1.54, 1.807) is 6.26 Å². The van der Waals surface area contributed by atoms with Gasteiger partial charge in [-0.05, 0) is 31.8 Å². The molecule has 0 bridgehead atoms. The van der Waals surface area contributed by atoms with E-state index >= 15 is 0 Å². The summed E-state index contributed by atoms with van der Waals surface area (Å²) in [4.78, 5) is 0. The summed E-state index contributed by atoms with van der Waals surface area (Å²) in [6.45, 7) is 7.23. The Morgan fingerprint density at radius 3 is 2.60 bits per heavy atom. The number of hydrogen-bond donors (Lipinski definition) is 0. The van der Waals surface area contributed by atoms with Gasteiger partial charge in [-0.2, -0.15) is 0 Å². The molecular weight excluding hydrogens is 124 g/mol. The Balaban J connectivity index is 3.02. The molecule has 0 aliphatic heterocycles. The lowest BCUT2D eigenvalue weighted by Crippen LogP contribution is -1.84. The lowest BCUT2D eigenvalue weighted by atomic mass is 10.1. The monoisotopic (exact) mass is 142 g/mol. The van der Waals surface area contributed by atoms with Crippen molar-refractivity contribution in [2.24, 2.45) is 5.92 Å². The van der Waals surface area contributed by atoms with Crippen LogP contribution in [0.5, 0.6) is 0 Å². The largest absolute Gasteiger partial charge is 0.502 e. The maximum atomic E-state index is 5.03. The van der Waals surface area contributed by atoms with Gasteiger partial charge in [-0.25, -0.2) is 0 Å². The van der Waals surface area contributed by atoms with E-state index in [1.807, 2.05) is 6.92 Å². The van der Waals surface area contributed by atoms with Crippen molar-refractivity contribution < 1.29 is 4.74 Å². The Bertz CT molecular complexity index is 84.7. The zero-order valence-electron chi connectivity index (χ0n) is 7.26. The summed E-state index contributed by atoms with van der Waals surface area (Å²) < 4.78 is 5.03. The van der Waals surface area contributed by atoms with Gasteiger partial charge in [0.25, 0.3) is 0 Å². The first kappa shape index (κ1) is 9.54. The molecule has 0 heterocycles. The maximum Gasteiger partial charge on any atom is 0.0845 e. The summed E-state index contributed by atoms with van der Waals surface area (Å²) in [6, 6.07) is 0. The predicted octanol–water partition coefficient (Wildman–Crippen LogP) is 2.97. The molecule has 10 heavy (non-hydrogen) atoms. The normalized spacial score (nSPS) is 11.2. The minimum atomic E-state index is 0.776. The lowest BCUT2D eigenvalue weighted by Gasteiger charge is -1.98. The second-order valence-electron chi connectivity index (χ2n) is 2.80. The SMILES string of the molecule is CCO/C=C\CCC(C)C. The Kier molecular flexibility index (Phi) is 6.35. The number of ether oxygens (including phenoxy) is 1. The Morgan fingerprint density at radius 1 is 1.40 bits per heavy atom. The fourth-order valence-corrected chi connectivity index (χ4v) is 0.662. The number of allylic oxidation sites excluding steroid dienone is 1. The van der Waals surface area contributed by atoms with Gasteiger partial charge in [-0.3, -0.25) is 0 Å². The third-order valence-corrected chi connectivity index (χ3v) is 1.27. The van der Waals surface area contributed by atoms with Crippen molar-refractivity contribution in [3.05, 3.63) is 12.3 Å². The van der Waals surface area contributed by atoms with Gasteiger partial charge in [0.2, 0.25) is 0 Å². The molecule has 0 radical (unpaired) electrons. The van der Waals surface area contributed by atoms with Gasteiger partial charge in [0, 0.05) is 0 Å². The van der Waals surface area contributed by atoms with Crippen molar-refractivity contribution in [3.8, 4) is 0 Å². The minimum absolute atomic E-state index is 0.776. The topological polar surface area (TPSA) is 9.23 Å². The fourth-order valence-electron chi connectivity index (χ4n) is 0.662. The zero-order valence-corrected chi connectivity index (χ0v) is 7.26. The van der Waals surface area contributed by atoms with Crippen LogP contribution in [0, 0.1) is 5.92 Å². The number of rotatable bonds is 5. The van der Waals surface area contributed by atoms with Crippen molar-refractivity contribution in [3.63, 3.8) is 0 Å². The summed E-state index contributed by atoms with van der Waals surface area (Å²) in [7, 11) is 0. The van der Waals surface area contributed by atoms with Gasteiger partial charge in [0.15, 0.2) is 0 Å². The molecule has 0 rings (SSSR count). The van der Waals surface area contributed by atoms with Crippen LogP contribution in [0.4, 0.5) is 0 Å². The lowest BCUT2D eigenvalue weighted by molar-refractivity contribution is 0.268. The van der Waals surface area contributed by atoms with Crippen LogP contribution in [0.3, 0.4) is 0 Å². The molecule has 0 aromatic heterocycles. The average molecular weight is 142 g/mol. The first-order valence-electron chi connectivity index (χ1n) is 4.04. The van der Waals surface area contributed by atoms with Crippen molar-refractivity contribution in [2.45, 2.75) is 33.6 Å². The molecule has 0 amide bonds. The molecule has 0 atom stereocenters. The molecule has 0 N–H and O–H groups in total. The van der Waals surface area contributed by atoms with Crippen LogP contribution in [-0.4, -0.2) is 6.61 Å². The van der Waals surface area contributed by atoms with Crippen molar-refractivity contribution in [2.75, 3.05) is 6.61 Å². The molecular formula is C9H18O. The van der Waals surface area contributed by atoms with Gasteiger partial charge in [-0.1, -0.05) is 13.8 Å². The summed E-state index contributed by atoms with van der Waals surface area (Å²) in [5.74, 6) is 0.797. The van der Waals surface area contributed by atoms with Crippen LogP contribution in [0.25, 0.3) is 0 Å². The molecule has 0 aliphatic carbocycles. The highest BCUT2D eigenvalue weighted by Crippen LogP contribution is 2.03. The highest BCUT2D eigenvalue weighted by atomic mass is 16.5. The van der Waals surface area contributed by atoms with Crippen LogP contribution >= 0.6 is 0 Å². The molecule has 0 saturated carbocycles. The molecule has 0 aliphatic rings. The molecule has 60 valence electrons. The Hall–Kier alpha value is -0.460. The third-order valence-electron chi connectivity index (χ3n) is 1.27. The second kappa shape index (κ2) is 6.66. The number of hydrogen-bond acceptors (Lipinski definition) is 1. The van der Waals surface area contributed by atoms with E-state index in [0.717, 1.165) is 18.9 Å². The molecule has 0 aromatic carbocycles. The van der Waals surface area contributed by atoms with E-state index < -0.39 is 0 Å². The van der Waals surface area contributed by atoms with Gasteiger partial charge in [-0.15, -0.1) is 0 Å². The Morgan fingerprint density at radius 2 is 2.10 bits per heavy atom. The first-order valence-corrected chi connectivity index (χ1v) is 4.04. The summed E-state index contributed by atoms with van der Waals surface area (Å²) in [5.41, 5.74) is 0. The smallest absolute Gasteiger partial charge is 0.0845 e. The molecule has 1 heteroatoms. The van der Waals surface area contributed by atoms with Crippen molar-refractivity contribution in [1.82, 2.24) is 0 Å². The van der Waals surface area contributed by atoms with E-state index in [4.69, 9.17) is 4.74 Å². The van der Waals surface area contributed by atoms with Gasteiger partial charge in [0.05, 0.1) is 12.9 Å². The van der Waals surface area contributed by atoms with E-state index in [-0.39, 0.29) is 0 Å². The van der Waals surface area contributed by atoms with Gasteiger partial charge < -0.3 is 4.74 Å². The van der Waals surface area contributed by atoms with Crippen LogP contribution in [0.2, 0.25) is 0 Å². The molecule has 0 aromatic rings. The average Bonchev–Trinajstić information content (AvgIpc) is 1.87. The first-order chi connectivity index (χ1) is 4.77. The third kappa shape index (κ3) is 7.54. The van der Waals surface area contributed by atoms with Gasteiger partial charge in [0.1, 0.15) is 0 Å². The van der Waals surface area contributed by atoms with E-state index in [9.17, 15) is 0 Å². The summed E-state index contributed by atoms with van der Waals surface area (Å²) in [6.07, 6.45) is 6.27. The maximum absolute atomic E-state index is 5.03.